The van der Waals surface area contributed by atoms with Crippen LogP contribution in [-0.4, -0.2) is 33.7 Å². The van der Waals surface area contributed by atoms with E-state index in [2.05, 4.69) is 0 Å². The quantitative estimate of drug-likeness (QED) is 0.300. The van der Waals surface area contributed by atoms with Gasteiger partial charge in [-0.3, -0.25) is 19.7 Å². The number of likely N-dealkylation sites (tertiary alicyclic amines) is 1. The molecule has 0 saturated carbocycles. The molecule has 0 spiro atoms. The number of aliphatic hydroxyl groups excluding tert-OH is 1. The number of hydrogen-bond donors (Lipinski definition) is 1. The predicted octanol–water partition coefficient (Wildman–Crippen LogP) is 2.79. The van der Waals surface area contributed by atoms with Crippen molar-refractivity contribution in [1.29, 1.82) is 0 Å². The van der Waals surface area contributed by atoms with E-state index in [0.717, 1.165) is 17.0 Å². The maximum Gasteiger partial charge on any atom is 0.295 e. The zero-order valence-electron chi connectivity index (χ0n) is 13.5. The molecule has 0 radical (unpaired) electrons. The van der Waals surface area contributed by atoms with Crippen LogP contribution in [-0.2, 0) is 9.59 Å². The number of nitro benzene ring substituents is 1. The average molecular weight is 356 g/mol. The molecule has 132 valence electrons. The zero-order chi connectivity index (χ0) is 19.0. The predicted molar refractivity (Wildman–Crippen MR) is 89.6 cm³/mol. The van der Waals surface area contributed by atoms with Crippen molar-refractivity contribution in [2.45, 2.75) is 6.04 Å². The largest absolute Gasteiger partial charge is 0.507 e. The van der Waals surface area contributed by atoms with Gasteiger partial charge < -0.3 is 10.0 Å². The van der Waals surface area contributed by atoms with Crippen LogP contribution in [0.15, 0.2) is 54.1 Å². The number of rotatable bonds is 3. The molecule has 1 aliphatic rings. The van der Waals surface area contributed by atoms with Gasteiger partial charge in [0, 0.05) is 24.7 Å². The first-order valence-electron chi connectivity index (χ1n) is 7.56. The summed E-state index contributed by atoms with van der Waals surface area (Å²) in [5, 5.41) is 21.3. The van der Waals surface area contributed by atoms with Gasteiger partial charge in [0.1, 0.15) is 11.6 Å². The molecule has 26 heavy (non-hydrogen) atoms. The third-order valence-electron chi connectivity index (χ3n) is 4.21. The minimum Gasteiger partial charge on any atom is -0.507 e. The number of Topliss-reactive ketones (excluding diaryl/α,β-unsaturated/α-hetero) is 1. The lowest BCUT2D eigenvalue weighted by molar-refractivity contribution is -0.384. The van der Waals surface area contributed by atoms with Crippen LogP contribution in [0.3, 0.4) is 0 Å². The van der Waals surface area contributed by atoms with E-state index in [-0.39, 0.29) is 16.8 Å². The maximum atomic E-state index is 13.1. The lowest BCUT2D eigenvalue weighted by Gasteiger charge is -2.20. The summed E-state index contributed by atoms with van der Waals surface area (Å²) in [5.41, 5.74) is 0.323. The van der Waals surface area contributed by atoms with Gasteiger partial charge in [0.05, 0.1) is 16.5 Å². The lowest BCUT2D eigenvalue weighted by atomic mass is 9.95. The summed E-state index contributed by atoms with van der Waals surface area (Å²) in [5.74, 6) is -2.63. The van der Waals surface area contributed by atoms with E-state index in [9.17, 15) is 29.2 Å². The van der Waals surface area contributed by atoms with Crippen LogP contribution in [0.2, 0.25) is 0 Å². The van der Waals surface area contributed by atoms with Gasteiger partial charge in [-0.25, -0.2) is 4.39 Å². The second kappa shape index (κ2) is 6.40. The Labute approximate surface area is 147 Å². The summed E-state index contributed by atoms with van der Waals surface area (Å²) in [6.07, 6.45) is 0. The Hall–Kier alpha value is -3.55. The van der Waals surface area contributed by atoms with Crippen molar-refractivity contribution in [2.75, 3.05) is 7.05 Å². The molecule has 1 atom stereocenters. The van der Waals surface area contributed by atoms with Crippen LogP contribution in [0.1, 0.15) is 17.2 Å². The number of likely N-dealkylation sites (N-methyl/N-ethyl adjacent to an activating group) is 1. The number of benzene rings is 2. The summed E-state index contributed by atoms with van der Waals surface area (Å²) in [4.78, 5) is 35.9. The van der Waals surface area contributed by atoms with Crippen LogP contribution in [0.4, 0.5) is 10.1 Å². The SMILES string of the molecule is CN1C(=O)C(=O)/C(=C(/O)c2ccc(F)cc2)C1c1ccc([N+](=O)[O-])cc1. The highest BCUT2D eigenvalue weighted by molar-refractivity contribution is 6.46. The highest BCUT2D eigenvalue weighted by atomic mass is 19.1. The molecule has 7 nitrogen and oxygen atoms in total. The van der Waals surface area contributed by atoms with Crippen LogP contribution >= 0.6 is 0 Å². The van der Waals surface area contributed by atoms with Gasteiger partial charge in [0.2, 0.25) is 0 Å². The van der Waals surface area contributed by atoms with Crippen LogP contribution in [0.5, 0.6) is 0 Å². The van der Waals surface area contributed by atoms with E-state index < -0.39 is 34.2 Å². The van der Waals surface area contributed by atoms with E-state index in [1.165, 1.54) is 43.4 Å². The molecular formula is C18H13FN2O5. The molecule has 1 N–H and O–H groups in total. The standard InChI is InChI=1S/C18H13FN2O5/c1-20-15(10-4-8-13(9-5-10)21(25)26)14(17(23)18(20)24)16(22)11-2-6-12(19)7-3-11/h2-9,15,22H,1H3/b16-14+. The Bertz CT molecular complexity index is 935. The average Bonchev–Trinajstić information content (AvgIpc) is 2.86. The number of nitrogens with zero attached hydrogens (tertiary/aromatic N) is 2. The summed E-state index contributed by atoms with van der Waals surface area (Å²) in [7, 11) is 1.40. The molecule has 1 unspecified atom stereocenters. The summed E-state index contributed by atoms with van der Waals surface area (Å²) in [6, 6.07) is 9.27. The number of halogens is 1. The van der Waals surface area contributed by atoms with E-state index in [4.69, 9.17) is 0 Å². The van der Waals surface area contributed by atoms with E-state index in [1.807, 2.05) is 0 Å². The molecule has 0 bridgehead atoms. The van der Waals surface area contributed by atoms with E-state index >= 15 is 0 Å². The third-order valence-corrected chi connectivity index (χ3v) is 4.21. The number of ketones is 1. The zero-order valence-corrected chi connectivity index (χ0v) is 13.5. The minimum absolute atomic E-state index is 0.139. The Morgan fingerprint density at radius 1 is 1.12 bits per heavy atom. The van der Waals surface area contributed by atoms with Gasteiger partial charge in [0.25, 0.3) is 17.4 Å². The molecule has 8 heteroatoms. The molecular weight excluding hydrogens is 343 g/mol. The number of carbonyl (C=O) groups is 2. The van der Waals surface area contributed by atoms with Crippen molar-refractivity contribution in [2.24, 2.45) is 0 Å². The summed E-state index contributed by atoms with van der Waals surface area (Å²) >= 11 is 0. The number of nitro groups is 1. The molecule has 0 aromatic heterocycles. The molecule has 0 aliphatic carbocycles. The van der Waals surface area contributed by atoms with Gasteiger partial charge in [-0.2, -0.15) is 0 Å². The minimum atomic E-state index is -0.902. The van der Waals surface area contributed by atoms with E-state index in [1.54, 1.807) is 0 Å². The summed E-state index contributed by atoms with van der Waals surface area (Å²) < 4.78 is 13.1. The third kappa shape index (κ3) is 2.81. The lowest BCUT2D eigenvalue weighted by Crippen LogP contribution is -2.24. The highest BCUT2D eigenvalue weighted by Gasteiger charge is 2.44. The van der Waals surface area contributed by atoms with Gasteiger partial charge in [0.15, 0.2) is 0 Å². The Kier molecular flexibility index (Phi) is 4.25. The second-order valence-corrected chi connectivity index (χ2v) is 5.77. The molecule has 1 saturated heterocycles. The Morgan fingerprint density at radius 3 is 2.23 bits per heavy atom. The highest BCUT2D eigenvalue weighted by Crippen LogP contribution is 2.38. The van der Waals surface area contributed by atoms with Crippen molar-refractivity contribution < 1.29 is 24.0 Å². The van der Waals surface area contributed by atoms with Crippen LogP contribution in [0.25, 0.3) is 5.76 Å². The fourth-order valence-electron chi connectivity index (χ4n) is 2.88. The first-order chi connectivity index (χ1) is 12.3. The Morgan fingerprint density at radius 2 is 1.69 bits per heavy atom. The molecule has 1 aliphatic heterocycles. The number of amides is 1. The van der Waals surface area contributed by atoms with Crippen molar-refractivity contribution >= 4 is 23.1 Å². The molecule has 2 aromatic rings. The molecule has 3 rings (SSSR count). The Balaban J connectivity index is 2.13. The summed E-state index contributed by atoms with van der Waals surface area (Å²) in [6.45, 7) is 0. The monoisotopic (exact) mass is 356 g/mol. The van der Waals surface area contributed by atoms with Gasteiger partial charge >= 0.3 is 0 Å². The van der Waals surface area contributed by atoms with Gasteiger partial charge in [-0.15, -0.1) is 0 Å². The normalized spacial score (nSPS) is 19.0. The molecule has 1 amide bonds. The molecule has 1 heterocycles. The van der Waals surface area contributed by atoms with Crippen molar-refractivity contribution in [3.63, 3.8) is 0 Å². The first kappa shape index (κ1) is 17.3. The van der Waals surface area contributed by atoms with Crippen LogP contribution in [0, 0.1) is 15.9 Å². The fraction of sp³-hybridized carbons (Fsp3) is 0.111. The number of hydrogen-bond acceptors (Lipinski definition) is 5. The molecule has 1 fully saturated rings. The number of non-ortho nitro benzene ring substituents is 1. The first-order valence-corrected chi connectivity index (χ1v) is 7.56. The number of carbonyl (C=O) groups excluding carboxylic acids is 2. The van der Waals surface area contributed by atoms with Gasteiger partial charge in [-0.1, -0.05) is 0 Å². The fourth-order valence-corrected chi connectivity index (χ4v) is 2.88. The smallest absolute Gasteiger partial charge is 0.295 e. The van der Waals surface area contributed by atoms with E-state index in [0.29, 0.717) is 5.56 Å². The second-order valence-electron chi connectivity index (χ2n) is 5.77. The maximum absolute atomic E-state index is 13.1. The van der Waals surface area contributed by atoms with Gasteiger partial charge in [-0.05, 0) is 42.0 Å². The van der Waals surface area contributed by atoms with Crippen molar-refractivity contribution in [1.82, 2.24) is 4.90 Å². The van der Waals surface area contributed by atoms with Crippen molar-refractivity contribution in [3.05, 3.63) is 81.2 Å². The molecule has 2 aromatic carbocycles. The van der Waals surface area contributed by atoms with Crippen molar-refractivity contribution in [3.8, 4) is 0 Å². The number of aliphatic hydroxyl groups is 1. The van der Waals surface area contributed by atoms with Crippen LogP contribution < -0.4 is 0 Å². The topological polar surface area (TPSA) is 101 Å².